The van der Waals surface area contributed by atoms with Crippen molar-refractivity contribution in [1.29, 1.82) is 0 Å². The molecule has 144 valence electrons. The van der Waals surface area contributed by atoms with E-state index >= 15 is 0 Å². The van der Waals surface area contributed by atoms with Crippen molar-refractivity contribution >= 4 is 16.7 Å². The van der Waals surface area contributed by atoms with Gasteiger partial charge in [-0.1, -0.05) is 18.2 Å². The summed E-state index contributed by atoms with van der Waals surface area (Å²) in [4.78, 5) is 15.5. The van der Waals surface area contributed by atoms with E-state index in [9.17, 15) is 4.79 Å². The van der Waals surface area contributed by atoms with Crippen molar-refractivity contribution in [3.63, 3.8) is 0 Å². The van der Waals surface area contributed by atoms with Crippen LogP contribution in [-0.2, 0) is 13.6 Å². The molecule has 28 heavy (non-hydrogen) atoms. The van der Waals surface area contributed by atoms with E-state index in [1.807, 2.05) is 18.2 Å². The Balaban J connectivity index is 1.32. The molecule has 1 aromatic heterocycles. The number of ether oxygens (including phenoxy) is 2. The van der Waals surface area contributed by atoms with E-state index in [1.165, 1.54) is 16.5 Å². The Morgan fingerprint density at radius 2 is 2.00 bits per heavy atom. The molecule has 2 aliphatic rings. The van der Waals surface area contributed by atoms with Crippen molar-refractivity contribution in [2.24, 2.45) is 13.0 Å². The van der Waals surface area contributed by atoms with Gasteiger partial charge in [0.15, 0.2) is 17.3 Å². The summed E-state index contributed by atoms with van der Waals surface area (Å²) in [6.45, 7) is 2.95. The van der Waals surface area contributed by atoms with Gasteiger partial charge in [0, 0.05) is 48.7 Å². The Labute approximate surface area is 164 Å². The first kappa shape index (κ1) is 17.3. The summed E-state index contributed by atoms with van der Waals surface area (Å²) in [5.74, 6) is 1.64. The van der Waals surface area contributed by atoms with Crippen LogP contribution in [0, 0.1) is 5.92 Å². The Morgan fingerprint density at radius 3 is 2.93 bits per heavy atom. The number of Topliss-reactive ketones (excluding diaryl/α,β-unsaturated/α-hetero) is 1. The lowest BCUT2D eigenvalue weighted by atomic mass is 9.89. The number of carbonyl (C=O) groups excluding carboxylic acids is 1. The Morgan fingerprint density at radius 1 is 1.14 bits per heavy atom. The normalized spacial score (nSPS) is 19.2. The fourth-order valence-electron chi connectivity index (χ4n) is 4.49. The molecular formula is C23H24N2O3. The van der Waals surface area contributed by atoms with E-state index in [0.29, 0.717) is 5.75 Å². The van der Waals surface area contributed by atoms with Crippen molar-refractivity contribution in [3.05, 3.63) is 59.8 Å². The summed E-state index contributed by atoms with van der Waals surface area (Å²) >= 11 is 0. The summed E-state index contributed by atoms with van der Waals surface area (Å²) in [6.07, 6.45) is 4.21. The van der Waals surface area contributed by atoms with Crippen LogP contribution in [0.1, 0.15) is 28.8 Å². The molecule has 2 aromatic carbocycles. The maximum Gasteiger partial charge on any atom is 0.231 e. The summed E-state index contributed by atoms with van der Waals surface area (Å²) in [5, 5.41) is 1.30. The Hall–Kier alpha value is -2.79. The minimum atomic E-state index is 0.0316. The van der Waals surface area contributed by atoms with Gasteiger partial charge < -0.3 is 14.0 Å². The number of aromatic nitrogens is 1. The average Bonchev–Trinajstić information content (AvgIpc) is 3.32. The highest BCUT2D eigenvalue weighted by atomic mass is 16.7. The molecule has 5 nitrogen and oxygen atoms in total. The number of fused-ring (bicyclic) bond motifs is 2. The molecule has 0 spiro atoms. The van der Waals surface area contributed by atoms with Gasteiger partial charge in [0.25, 0.3) is 0 Å². The second-order valence-electron chi connectivity index (χ2n) is 7.79. The molecule has 0 N–H and O–H groups in total. The summed E-state index contributed by atoms with van der Waals surface area (Å²) in [7, 11) is 2.09. The van der Waals surface area contributed by atoms with E-state index in [2.05, 4.69) is 47.0 Å². The summed E-state index contributed by atoms with van der Waals surface area (Å²) < 4.78 is 13.0. The van der Waals surface area contributed by atoms with Crippen molar-refractivity contribution in [2.75, 3.05) is 19.9 Å². The smallest absolute Gasteiger partial charge is 0.231 e. The number of likely N-dealkylation sites (tertiary alicyclic amines) is 1. The van der Waals surface area contributed by atoms with Crippen LogP contribution in [0.5, 0.6) is 11.5 Å². The zero-order valence-corrected chi connectivity index (χ0v) is 16.1. The van der Waals surface area contributed by atoms with Gasteiger partial charge in [0.2, 0.25) is 6.79 Å². The molecule has 1 fully saturated rings. The minimum Gasteiger partial charge on any atom is -0.454 e. The zero-order valence-electron chi connectivity index (χ0n) is 16.1. The van der Waals surface area contributed by atoms with Gasteiger partial charge in [0.05, 0.1) is 0 Å². The lowest BCUT2D eigenvalue weighted by Crippen LogP contribution is -2.38. The van der Waals surface area contributed by atoms with Gasteiger partial charge in [-0.25, -0.2) is 0 Å². The molecular weight excluding hydrogens is 352 g/mol. The molecule has 0 bridgehead atoms. The summed E-state index contributed by atoms with van der Waals surface area (Å²) in [6, 6.07) is 14.0. The first-order valence-electron chi connectivity index (χ1n) is 9.88. The monoisotopic (exact) mass is 376 g/mol. The predicted octanol–water partition coefficient (Wildman–Crippen LogP) is 4.00. The van der Waals surface area contributed by atoms with Crippen LogP contribution in [0.3, 0.4) is 0 Å². The molecule has 3 heterocycles. The third kappa shape index (κ3) is 3.06. The second kappa shape index (κ2) is 6.99. The Kier molecular flexibility index (Phi) is 4.32. The van der Waals surface area contributed by atoms with Crippen molar-refractivity contribution in [1.82, 2.24) is 9.47 Å². The number of hydrogen-bond acceptors (Lipinski definition) is 4. The molecule has 5 rings (SSSR count). The molecule has 3 aromatic rings. The quantitative estimate of drug-likeness (QED) is 0.646. The highest BCUT2D eigenvalue weighted by Crippen LogP contribution is 2.34. The van der Waals surface area contributed by atoms with Gasteiger partial charge in [-0.3, -0.25) is 9.69 Å². The number of para-hydroxylation sites is 1. The average molecular weight is 376 g/mol. The second-order valence-corrected chi connectivity index (χ2v) is 7.79. The Bertz CT molecular complexity index is 1040. The van der Waals surface area contributed by atoms with Crippen LogP contribution < -0.4 is 9.47 Å². The molecule has 0 unspecified atom stereocenters. The van der Waals surface area contributed by atoms with Crippen LogP contribution in [0.25, 0.3) is 10.9 Å². The standard InChI is InChI=1S/C23H24N2O3/c1-24-12-18(19-6-2-3-7-20(19)24)14-25-10-4-5-17(13-25)23(26)16-8-9-21-22(11-16)28-15-27-21/h2-3,6-9,11-12,17H,4-5,10,13-15H2,1H3/t17-/m0/s1. The first-order chi connectivity index (χ1) is 13.7. The molecule has 0 radical (unpaired) electrons. The topological polar surface area (TPSA) is 43.7 Å². The number of rotatable bonds is 4. The van der Waals surface area contributed by atoms with Crippen LogP contribution >= 0.6 is 0 Å². The maximum absolute atomic E-state index is 13.1. The number of carbonyl (C=O) groups is 1. The van der Waals surface area contributed by atoms with Gasteiger partial charge >= 0.3 is 0 Å². The lowest BCUT2D eigenvalue weighted by molar-refractivity contribution is 0.0811. The van der Waals surface area contributed by atoms with Crippen LogP contribution in [0.4, 0.5) is 0 Å². The summed E-state index contributed by atoms with van der Waals surface area (Å²) in [5.41, 5.74) is 3.30. The third-order valence-electron chi connectivity index (χ3n) is 5.91. The minimum absolute atomic E-state index is 0.0316. The number of piperidine rings is 1. The van der Waals surface area contributed by atoms with Gasteiger partial charge in [-0.2, -0.15) is 0 Å². The number of ketones is 1. The highest BCUT2D eigenvalue weighted by Gasteiger charge is 2.28. The number of nitrogens with zero attached hydrogens (tertiary/aromatic N) is 2. The molecule has 1 atom stereocenters. The number of benzene rings is 2. The molecule has 0 aliphatic carbocycles. The van der Waals surface area contributed by atoms with E-state index < -0.39 is 0 Å². The third-order valence-corrected chi connectivity index (χ3v) is 5.91. The lowest BCUT2D eigenvalue weighted by Gasteiger charge is -2.32. The number of aryl methyl sites for hydroxylation is 1. The largest absolute Gasteiger partial charge is 0.454 e. The van der Waals surface area contributed by atoms with Crippen molar-refractivity contribution in [3.8, 4) is 11.5 Å². The SMILES string of the molecule is Cn1cc(CN2CCC[C@H](C(=O)c3ccc4c(c3)OCO4)C2)c2ccccc21. The van der Waals surface area contributed by atoms with Gasteiger partial charge in [0.1, 0.15) is 0 Å². The van der Waals surface area contributed by atoms with Gasteiger partial charge in [-0.15, -0.1) is 0 Å². The van der Waals surface area contributed by atoms with Crippen LogP contribution in [-0.4, -0.2) is 35.1 Å². The predicted molar refractivity (Wildman–Crippen MR) is 108 cm³/mol. The van der Waals surface area contributed by atoms with Gasteiger partial charge in [-0.05, 0) is 49.2 Å². The van der Waals surface area contributed by atoms with E-state index in [-0.39, 0.29) is 18.5 Å². The van der Waals surface area contributed by atoms with Crippen LogP contribution in [0.15, 0.2) is 48.7 Å². The van der Waals surface area contributed by atoms with E-state index in [1.54, 1.807) is 0 Å². The van der Waals surface area contributed by atoms with Crippen LogP contribution in [0.2, 0.25) is 0 Å². The number of hydrogen-bond donors (Lipinski definition) is 0. The molecule has 0 saturated carbocycles. The molecule has 1 saturated heterocycles. The molecule has 5 heteroatoms. The first-order valence-corrected chi connectivity index (χ1v) is 9.88. The fraction of sp³-hybridized carbons (Fsp3) is 0.348. The fourth-order valence-corrected chi connectivity index (χ4v) is 4.49. The van der Waals surface area contributed by atoms with Crippen molar-refractivity contribution in [2.45, 2.75) is 19.4 Å². The van der Waals surface area contributed by atoms with Crippen molar-refractivity contribution < 1.29 is 14.3 Å². The molecule has 0 amide bonds. The molecule has 2 aliphatic heterocycles. The highest BCUT2D eigenvalue weighted by molar-refractivity contribution is 5.98. The maximum atomic E-state index is 13.1. The van der Waals surface area contributed by atoms with E-state index in [4.69, 9.17) is 9.47 Å². The zero-order chi connectivity index (χ0) is 19.1. The van der Waals surface area contributed by atoms with E-state index in [0.717, 1.165) is 43.8 Å².